The third-order valence-electron chi connectivity index (χ3n) is 5.78. The molecule has 0 bridgehead atoms. The number of halogens is 2. The Hall–Kier alpha value is -2.90. The third kappa shape index (κ3) is 7.20. The molecule has 2 aromatic heterocycles. The van der Waals surface area contributed by atoms with Crippen LogP contribution in [0.4, 0.5) is 5.69 Å². The monoisotopic (exact) mass is 615 g/mol. The smallest absolute Gasteiger partial charge is 0.320 e. The van der Waals surface area contributed by atoms with Gasteiger partial charge in [0.1, 0.15) is 12.7 Å². The van der Waals surface area contributed by atoms with Crippen LogP contribution in [0.15, 0.2) is 42.6 Å². The van der Waals surface area contributed by atoms with Crippen LogP contribution in [0, 0.1) is 0 Å². The van der Waals surface area contributed by atoms with Crippen LogP contribution in [0.1, 0.15) is 22.2 Å². The Morgan fingerprint density at radius 2 is 2.00 bits per heavy atom. The zero-order valence-corrected chi connectivity index (χ0v) is 24.3. The molecule has 0 aliphatic carbocycles. The van der Waals surface area contributed by atoms with Crippen molar-refractivity contribution in [3.63, 3.8) is 0 Å². The van der Waals surface area contributed by atoms with Crippen LogP contribution in [0.2, 0.25) is 5.02 Å². The number of aromatic nitrogens is 1. The number of fused-ring (bicyclic) bond motifs is 1. The largest absolute Gasteiger partial charge is 0.493 e. The minimum absolute atomic E-state index is 0. The number of methoxy groups -OCH3 is 1. The molecule has 1 aliphatic rings. The van der Waals surface area contributed by atoms with Gasteiger partial charge < -0.3 is 24.8 Å². The van der Waals surface area contributed by atoms with Crippen molar-refractivity contribution in [2.45, 2.75) is 19.6 Å². The molecule has 3 heterocycles. The number of carbonyl (C=O) groups is 2. The average molecular weight is 617 g/mol. The molecule has 4 rings (SSSR count). The number of rotatable bonds is 11. The van der Waals surface area contributed by atoms with Crippen molar-refractivity contribution in [2.24, 2.45) is 5.73 Å². The first-order valence-electron chi connectivity index (χ1n) is 11.6. The number of ether oxygens (including phenoxy) is 3. The van der Waals surface area contributed by atoms with Crippen LogP contribution in [0.3, 0.4) is 0 Å². The second-order valence-electron chi connectivity index (χ2n) is 8.38. The van der Waals surface area contributed by atoms with Gasteiger partial charge in [0.05, 0.1) is 46.4 Å². The number of hydrogen-bond acceptors (Lipinski definition) is 10. The zero-order valence-electron chi connectivity index (χ0n) is 21.1. The van der Waals surface area contributed by atoms with Crippen molar-refractivity contribution in [3.8, 4) is 22.1 Å². The number of carbonyl (C=O) groups excluding carboxylic acids is 2. The van der Waals surface area contributed by atoms with Crippen LogP contribution in [0.5, 0.6) is 11.5 Å². The van der Waals surface area contributed by atoms with E-state index in [1.165, 1.54) is 25.4 Å². The van der Waals surface area contributed by atoms with Crippen LogP contribution >= 0.6 is 35.3 Å². The van der Waals surface area contributed by atoms with E-state index in [1.807, 2.05) is 12.1 Å². The number of amides is 1. The molecular formula is C25H27Cl2N3O7S2. The Kier molecular flexibility index (Phi) is 10.2. The van der Waals surface area contributed by atoms with Gasteiger partial charge >= 0.3 is 5.97 Å². The van der Waals surface area contributed by atoms with E-state index in [4.69, 9.17) is 31.5 Å². The number of benzene rings is 1. The molecule has 0 unspecified atom stereocenters. The minimum Gasteiger partial charge on any atom is -0.493 e. The van der Waals surface area contributed by atoms with Gasteiger partial charge in [0.15, 0.2) is 21.3 Å². The number of anilines is 1. The van der Waals surface area contributed by atoms with Crippen molar-refractivity contribution < 1.29 is 32.2 Å². The third-order valence-corrected chi connectivity index (χ3v) is 8.96. The van der Waals surface area contributed by atoms with Gasteiger partial charge in [-0.05, 0) is 35.9 Å². The molecule has 14 heteroatoms. The van der Waals surface area contributed by atoms with Crippen molar-refractivity contribution in [3.05, 3.63) is 58.1 Å². The Labute approximate surface area is 241 Å². The zero-order chi connectivity index (χ0) is 27.4. The normalized spacial score (nSPS) is 13.4. The lowest BCUT2D eigenvalue weighted by atomic mass is 10.2. The maximum absolute atomic E-state index is 13.2. The number of sulfone groups is 1. The summed E-state index contributed by atoms with van der Waals surface area (Å²) in [6, 6.07) is 10.5. The molecule has 3 aromatic rings. The van der Waals surface area contributed by atoms with Crippen LogP contribution in [-0.4, -0.2) is 63.1 Å². The molecule has 210 valence electrons. The first-order chi connectivity index (χ1) is 18.1. The maximum atomic E-state index is 13.2. The number of thiophene rings is 1. The molecule has 1 aliphatic heterocycles. The predicted molar refractivity (Wildman–Crippen MR) is 152 cm³/mol. The standard InChI is InChI=1S/C25H26ClN3O7S2.ClH/c1-3-38(32,33)14-18(36-23(30)10-27)13-35-20-7-5-17(9-21(20)34-2)29-12-15-8-22(37-24(15)25(29)31)19-6-4-16(26)11-28-19;/h4-9,11,18H,3,10,12-14,27H2,1-2H3;1H/t18-;/m0./s1. The van der Waals surface area contributed by atoms with Crippen LogP contribution in [-0.2, 0) is 25.9 Å². The summed E-state index contributed by atoms with van der Waals surface area (Å²) in [6.07, 6.45) is 0.527. The molecule has 10 nitrogen and oxygen atoms in total. The molecule has 1 amide bonds. The highest BCUT2D eigenvalue weighted by Gasteiger charge is 2.32. The fourth-order valence-corrected chi connectivity index (χ4v) is 6.00. The van der Waals surface area contributed by atoms with Gasteiger partial charge in [0.2, 0.25) is 0 Å². The quantitative estimate of drug-likeness (QED) is 0.320. The van der Waals surface area contributed by atoms with E-state index in [-0.39, 0.29) is 37.2 Å². The first kappa shape index (κ1) is 30.6. The Balaban J connectivity index is 0.00000420. The SMILES string of the molecule is CCS(=O)(=O)C[C@H](COc1ccc(N2Cc3cc(-c4ccc(Cl)cn4)sc3C2=O)cc1OC)OC(=O)CN.Cl. The van der Waals surface area contributed by atoms with Gasteiger partial charge in [-0.15, -0.1) is 23.7 Å². The molecule has 0 saturated heterocycles. The number of pyridine rings is 1. The summed E-state index contributed by atoms with van der Waals surface area (Å²) >= 11 is 7.30. The summed E-state index contributed by atoms with van der Waals surface area (Å²) in [7, 11) is -1.99. The van der Waals surface area contributed by atoms with Gasteiger partial charge in [0.25, 0.3) is 5.91 Å². The lowest BCUT2D eigenvalue weighted by molar-refractivity contribution is -0.147. The molecule has 0 spiro atoms. The topological polar surface area (TPSA) is 138 Å². The van der Waals surface area contributed by atoms with Gasteiger partial charge in [0, 0.05) is 23.7 Å². The number of hydrogen-bond donors (Lipinski definition) is 1. The van der Waals surface area contributed by atoms with E-state index in [9.17, 15) is 18.0 Å². The average Bonchev–Trinajstić information content (AvgIpc) is 3.46. The number of esters is 1. The fraction of sp³-hybridized carbons (Fsp3) is 0.320. The number of nitrogens with two attached hydrogens (primary N) is 1. The lowest BCUT2D eigenvalue weighted by Crippen LogP contribution is -2.35. The molecular weight excluding hydrogens is 589 g/mol. The van der Waals surface area contributed by atoms with Crippen molar-refractivity contribution in [2.75, 3.05) is 36.7 Å². The van der Waals surface area contributed by atoms with Gasteiger partial charge in [-0.25, -0.2) is 8.42 Å². The number of nitrogens with zero attached hydrogens (tertiary/aromatic N) is 2. The Morgan fingerprint density at radius 1 is 1.23 bits per heavy atom. The first-order valence-corrected chi connectivity index (χ1v) is 14.6. The molecule has 2 N–H and O–H groups in total. The highest BCUT2D eigenvalue weighted by molar-refractivity contribution is 7.91. The predicted octanol–water partition coefficient (Wildman–Crippen LogP) is 3.74. The second-order valence-corrected chi connectivity index (χ2v) is 12.3. The molecule has 39 heavy (non-hydrogen) atoms. The molecule has 1 aromatic carbocycles. The highest BCUT2D eigenvalue weighted by atomic mass is 35.5. The maximum Gasteiger partial charge on any atom is 0.320 e. The Morgan fingerprint density at radius 3 is 2.62 bits per heavy atom. The van der Waals surface area contributed by atoms with E-state index in [0.29, 0.717) is 33.6 Å². The summed E-state index contributed by atoms with van der Waals surface area (Å²) < 4.78 is 40.5. The molecule has 0 fully saturated rings. The van der Waals surface area contributed by atoms with Gasteiger partial charge in [-0.2, -0.15) is 0 Å². The van der Waals surface area contributed by atoms with E-state index >= 15 is 0 Å². The van der Waals surface area contributed by atoms with Gasteiger partial charge in [-0.1, -0.05) is 18.5 Å². The van der Waals surface area contributed by atoms with E-state index in [1.54, 1.807) is 35.4 Å². The van der Waals surface area contributed by atoms with Gasteiger partial charge in [-0.3, -0.25) is 14.6 Å². The van der Waals surface area contributed by atoms with Crippen LogP contribution < -0.4 is 20.1 Å². The molecule has 0 saturated carbocycles. The summed E-state index contributed by atoms with van der Waals surface area (Å²) in [6.45, 7) is 1.29. The van der Waals surface area contributed by atoms with E-state index in [0.717, 1.165) is 16.1 Å². The minimum atomic E-state index is -3.44. The van der Waals surface area contributed by atoms with E-state index < -0.39 is 27.7 Å². The van der Waals surface area contributed by atoms with Crippen molar-refractivity contribution in [1.82, 2.24) is 4.98 Å². The van der Waals surface area contributed by atoms with E-state index in [2.05, 4.69) is 4.98 Å². The van der Waals surface area contributed by atoms with Crippen molar-refractivity contribution >= 4 is 62.7 Å². The summed E-state index contributed by atoms with van der Waals surface area (Å²) in [4.78, 5) is 32.3. The fourth-order valence-electron chi connectivity index (χ4n) is 3.83. The second kappa shape index (κ2) is 13.0. The molecule has 0 radical (unpaired) electrons. The van der Waals surface area contributed by atoms with Crippen LogP contribution in [0.25, 0.3) is 10.6 Å². The lowest BCUT2D eigenvalue weighted by Gasteiger charge is -2.21. The Bertz CT molecular complexity index is 1450. The highest BCUT2D eigenvalue weighted by Crippen LogP contribution is 2.40. The summed E-state index contributed by atoms with van der Waals surface area (Å²) in [5, 5.41) is 0.541. The summed E-state index contributed by atoms with van der Waals surface area (Å²) in [5.41, 5.74) is 7.55. The summed E-state index contributed by atoms with van der Waals surface area (Å²) in [5.74, 6) is -0.736. The molecule has 1 atom stereocenters. The van der Waals surface area contributed by atoms with Crippen molar-refractivity contribution in [1.29, 1.82) is 0 Å².